The summed E-state index contributed by atoms with van der Waals surface area (Å²) in [5, 5.41) is 0.417. The van der Waals surface area contributed by atoms with E-state index in [1.807, 2.05) is 0 Å². The maximum Gasteiger partial charge on any atom is 0.200 e. The molecule has 4 aromatic rings. The molecule has 6 rings (SSSR count). The number of hydrogen-bond acceptors (Lipinski definition) is 1. The molecule has 1 atom stereocenters. The summed E-state index contributed by atoms with van der Waals surface area (Å²) in [6, 6.07) is 0. The zero-order valence-electron chi connectivity index (χ0n) is 29.7. The monoisotopic (exact) mass is 906 g/mol. The second-order valence-electron chi connectivity index (χ2n) is 13.9. The zero-order valence-corrected chi connectivity index (χ0v) is 30.6. The third-order valence-corrected chi connectivity index (χ3v) is 12.3. The van der Waals surface area contributed by atoms with E-state index in [9.17, 15) is 57.5 Å². The first-order valence-electron chi connectivity index (χ1n) is 17.5. The SMILES string of the molecule is Fc1c(F)c(F)c([B-](c2c(F)c(F)c(F)c(F)c2F)(c2c(F)c(F)c(F)c(F)c2F)c2c(F)c(F)c(F)c(F)c2F)c(F)c1F.O=C1CCCCC1[SH+]CC1CCCCC1. The molecule has 60 heavy (non-hydrogen) atoms. The summed E-state index contributed by atoms with van der Waals surface area (Å²) in [4.78, 5) is 11.7. The predicted molar refractivity (Wildman–Crippen MR) is 177 cm³/mol. The lowest BCUT2D eigenvalue weighted by Gasteiger charge is -2.44. The topological polar surface area (TPSA) is 17.1 Å². The van der Waals surface area contributed by atoms with Gasteiger partial charge in [0.25, 0.3) is 0 Å². The van der Waals surface area contributed by atoms with Crippen molar-refractivity contribution in [3.63, 3.8) is 0 Å². The molecule has 23 heteroatoms. The number of thiol groups is 1. The Balaban J connectivity index is 0.000000379. The van der Waals surface area contributed by atoms with Crippen LogP contribution in [0.5, 0.6) is 0 Å². The molecule has 0 spiro atoms. The number of carbonyl (C=O) groups is 1. The van der Waals surface area contributed by atoms with Crippen LogP contribution in [0.2, 0.25) is 0 Å². The summed E-state index contributed by atoms with van der Waals surface area (Å²) in [6.45, 7) is 0. The average molecular weight is 906 g/mol. The summed E-state index contributed by atoms with van der Waals surface area (Å²) in [5.41, 5.74) is -14.3. The van der Waals surface area contributed by atoms with Gasteiger partial charge in [0, 0.05) is 18.8 Å². The standard InChI is InChI=1S/C24BF20.C13H22OS/c26-5-1(6(27)14(35)21(42)13(5)34)25(2-7(28)15(36)22(43)16(37)8(2)29,3-9(30)17(38)23(44)18(39)10(3)31)4-11(32)19(40)24(45)20(41)12(4)33;14-12-8-4-5-9-13(12)15-10-11-6-2-1-3-7-11/h;11,13H,1-10H2/q-1;/p+1. The number of rotatable bonds is 7. The number of ketones is 1. The van der Waals surface area contributed by atoms with E-state index in [4.69, 9.17) is 0 Å². The number of Topliss-reactive ketones (excluding diaryl/α,β-unsaturated/α-hetero) is 1. The first-order chi connectivity index (χ1) is 28.1. The Morgan fingerprint density at radius 1 is 0.350 bits per heavy atom. The smallest absolute Gasteiger partial charge is 0.200 e. The Morgan fingerprint density at radius 3 is 0.867 bits per heavy atom. The van der Waals surface area contributed by atoms with Crippen LogP contribution in [0.3, 0.4) is 0 Å². The molecule has 1 unspecified atom stereocenters. The molecule has 0 aliphatic heterocycles. The molecule has 2 aliphatic rings. The zero-order chi connectivity index (χ0) is 44.9. The van der Waals surface area contributed by atoms with Crippen molar-refractivity contribution >= 4 is 45.5 Å². The highest BCUT2D eigenvalue weighted by atomic mass is 32.2. The second kappa shape index (κ2) is 17.9. The molecular weight excluding hydrogens is 883 g/mol. The molecule has 0 bridgehead atoms. The Bertz CT molecular complexity index is 1980. The van der Waals surface area contributed by atoms with Crippen molar-refractivity contribution in [3.8, 4) is 0 Å². The fourth-order valence-corrected chi connectivity index (χ4v) is 9.29. The van der Waals surface area contributed by atoms with E-state index in [-0.39, 0.29) is 0 Å². The molecule has 2 fully saturated rings. The van der Waals surface area contributed by atoms with Crippen molar-refractivity contribution in [2.45, 2.75) is 63.0 Å². The quantitative estimate of drug-likeness (QED) is 0.0453. The van der Waals surface area contributed by atoms with E-state index in [0.717, 1.165) is 18.8 Å². The maximum absolute atomic E-state index is 15.4. The van der Waals surface area contributed by atoms with Gasteiger partial charge in [0.15, 0.2) is 80.8 Å². The second-order valence-corrected chi connectivity index (χ2v) is 15.3. The van der Waals surface area contributed by atoms with Crippen LogP contribution < -0.4 is 21.9 Å². The van der Waals surface area contributed by atoms with Gasteiger partial charge in [-0.15, -0.1) is 21.9 Å². The Hall–Kier alpha value is -4.44. The van der Waals surface area contributed by atoms with Gasteiger partial charge in [-0.1, -0.05) is 19.3 Å². The Labute approximate surface area is 329 Å². The molecule has 2 saturated carbocycles. The van der Waals surface area contributed by atoms with Crippen LogP contribution in [0, 0.1) is 122 Å². The molecule has 0 aromatic heterocycles. The third-order valence-electron chi connectivity index (χ3n) is 10.5. The number of halogens is 20. The highest BCUT2D eigenvalue weighted by Gasteiger charge is 2.52. The highest BCUT2D eigenvalue weighted by molar-refractivity contribution is 7.80. The summed E-state index contributed by atoms with van der Waals surface area (Å²) < 4.78 is 294. The van der Waals surface area contributed by atoms with Crippen molar-refractivity contribution in [1.82, 2.24) is 0 Å². The van der Waals surface area contributed by atoms with Gasteiger partial charge in [-0.05, 0) is 37.4 Å². The summed E-state index contributed by atoms with van der Waals surface area (Å²) in [6.07, 6.45) is 4.40. The highest BCUT2D eigenvalue weighted by Crippen LogP contribution is 2.31. The molecule has 1 nitrogen and oxygen atoms in total. The van der Waals surface area contributed by atoms with Crippen LogP contribution in [0.4, 0.5) is 87.8 Å². The minimum Gasteiger partial charge on any atom is -0.294 e. The summed E-state index contributed by atoms with van der Waals surface area (Å²) >= 11 is 1.45. The van der Waals surface area contributed by atoms with Crippen molar-refractivity contribution in [2.24, 2.45) is 5.92 Å². The van der Waals surface area contributed by atoms with Crippen LogP contribution in [-0.2, 0) is 16.6 Å². The molecule has 0 heterocycles. The number of benzene rings is 4. The van der Waals surface area contributed by atoms with Crippen molar-refractivity contribution in [3.05, 3.63) is 116 Å². The normalized spacial score (nSPS) is 16.3. The largest absolute Gasteiger partial charge is 0.294 e. The molecular formula is C37H23BF20OS. The lowest BCUT2D eigenvalue weighted by atomic mass is 9.12. The van der Waals surface area contributed by atoms with Gasteiger partial charge in [0.2, 0.25) is 0 Å². The van der Waals surface area contributed by atoms with Crippen molar-refractivity contribution in [1.29, 1.82) is 0 Å². The molecule has 0 radical (unpaired) electrons. The molecule has 0 saturated heterocycles. The summed E-state index contributed by atoms with van der Waals surface area (Å²) in [5.74, 6) is -68.6. The predicted octanol–water partition coefficient (Wildman–Crippen LogP) is 8.74. The van der Waals surface area contributed by atoms with Gasteiger partial charge in [0.05, 0.1) is 0 Å². The maximum atomic E-state index is 15.4. The van der Waals surface area contributed by atoms with Crippen molar-refractivity contribution < 1.29 is 92.6 Å². The van der Waals surface area contributed by atoms with Gasteiger partial charge in [-0.2, -0.15) is 0 Å². The van der Waals surface area contributed by atoms with E-state index >= 15 is 35.1 Å². The first kappa shape index (κ1) is 46.6. The van der Waals surface area contributed by atoms with Crippen LogP contribution in [0.15, 0.2) is 0 Å². The van der Waals surface area contributed by atoms with Gasteiger partial charge in [0.1, 0.15) is 58.4 Å². The van der Waals surface area contributed by atoms with Gasteiger partial charge in [-0.25, -0.2) is 87.8 Å². The lowest BCUT2D eigenvalue weighted by Crippen LogP contribution is -2.81. The van der Waals surface area contributed by atoms with Gasteiger partial charge >= 0.3 is 0 Å². The number of hydrogen-bond donors (Lipinski definition) is 0. The van der Waals surface area contributed by atoms with Gasteiger partial charge < -0.3 is 0 Å². The van der Waals surface area contributed by atoms with Gasteiger partial charge in [-0.3, -0.25) is 4.79 Å². The fraction of sp³-hybridized carbons (Fsp3) is 0.324. The van der Waals surface area contributed by atoms with E-state index in [1.165, 1.54) is 62.5 Å². The third kappa shape index (κ3) is 7.60. The van der Waals surface area contributed by atoms with E-state index in [0.29, 0.717) is 11.0 Å². The van der Waals surface area contributed by atoms with Crippen molar-refractivity contribution in [2.75, 3.05) is 5.75 Å². The van der Waals surface area contributed by atoms with E-state index in [2.05, 4.69) is 0 Å². The molecule has 2 aliphatic carbocycles. The van der Waals surface area contributed by atoms with Crippen LogP contribution in [0.25, 0.3) is 0 Å². The lowest BCUT2D eigenvalue weighted by molar-refractivity contribution is -0.119. The minimum absolute atomic E-state index is 0.417. The fourth-order valence-electron chi connectivity index (χ4n) is 7.68. The van der Waals surface area contributed by atoms with E-state index in [1.54, 1.807) is 0 Å². The summed E-state index contributed by atoms with van der Waals surface area (Å²) in [7, 11) is 0. The molecule has 4 aromatic carbocycles. The first-order valence-corrected chi connectivity index (χ1v) is 18.6. The Kier molecular flexibility index (Phi) is 13.9. The van der Waals surface area contributed by atoms with E-state index < -0.39 is 144 Å². The average Bonchev–Trinajstić information content (AvgIpc) is 3.23. The molecule has 326 valence electrons. The number of carbonyl (C=O) groups excluding carboxylic acids is 1. The van der Waals surface area contributed by atoms with Crippen LogP contribution in [0.1, 0.15) is 57.8 Å². The van der Waals surface area contributed by atoms with Crippen LogP contribution in [-0.4, -0.2) is 22.9 Å². The molecule has 0 amide bonds. The van der Waals surface area contributed by atoms with Crippen LogP contribution >= 0.6 is 0 Å². The molecule has 0 N–H and O–H groups in total. The minimum atomic E-state index is -7.22. The Morgan fingerprint density at radius 2 is 0.600 bits per heavy atom.